The molecule has 3 rings (SSSR count). The highest BCUT2D eigenvalue weighted by atomic mass is 19.2. The summed E-state index contributed by atoms with van der Waals surface area (Å²) in [5, 5.41) is 10.5. The molecule has 0 aliphatic heterocycles. The number of benzene rings is 2. The largest absolute Gasteiger partial charge is 0.300 e. The molecular formula is C29H38F2N2. The van der Waals surface area contributed by atoms with Crippen LogP contribution in [0.5, 0.6) is 0 Å². The fraction of sp³-hybridized carbons (Fsp3) is 0.552. The first-order valence-corrected chi connectivity index (χ1v) is 12.7. The summed E-state index contributed by atoms with van der Waals surface area (Å²) in [6.45, 7) is 6.45. The molecule has 0 heterocycles. The lowest BCUT2D eigenvalue weighted by atomic mass is 9.67. The fourth-order valence-electron chi connectivity index (χ4n) is 5.71. The fourth-order valence-corrected chi connectivity index (χ4v) is 5.71. The third-order valence-electron chi connectivity index (χ3n) is 7.59. The predicted molar refractivity (Wildman–Crippen MR) is 131 cm³/mol. The first-order chi connectivity index (χ1) is 16.0. The first-order valence-electron chi connectivity index (χ1n) is 12.7. The van der Waals surface area contributed by atoms with Gasteiger partial charge in [0.05, 0.1) is 11.5 Å². The van der Waals surface area contributed by atoms with E-state index in [4.69, 9.17) is 0 Å². The van der Waals surface area contributed by atoms with E-state index in [1.165, 1.54) is 17.7 Å². The number of nitriles is 1. The topological polar surface area (TPSA) is 27.0 Å². The minimum atomic E-state index is -0.854. The van der Waals surface area contributed by atoms with Crippen molar-refractivity contribution >= 4 is 0 Å². The Morgan fingerprint density at radius 1 is 1.03 bits per heavy atom. The summed E-state index contributed by atoms with van der Waals surface area (Å²) in [7, 11) is 0. The molecule has 0 spiro atoms. The van der Waals surface area contributed by atoms with Crippen LogP contribution in [0, 0.1) is 28.9 Å². The number of halogens is 2. The van der Waals surface area contributed by atoms with Crippen molar-refractivity contribution < 1.29 is 8.78 Å². The average Bonchev–Trinajstić information content (AvgIpc) is 3.38. The van der Waals surface area contributed by atoms with Gasteiger partial charge in [0.2, 0.25) is 0 Å². The summed E-state index contributed by atoms with van der Waals surface area (Å²) in [6.07, 6.45) is 8.84. The molecule has 1 fully saturated rings. The zero-order valence-corrected chi connectivity index (χ0v) is 20.2. The summed E-state index contributed by atoms with van der Waals surface area (Å²) in [4.78, 5) is 2.56. The molecule has 0 aromatic heterocycles. The highest BCUT2D eigenvalue weighted by molar-refractivity contribution is 5.35. The van der Waals surface area contributed by atoms with Crippen molar-refractivity contribution in [3.63, 3.8) is 0 Å². The second kappa shape index (κ2) is 12.3. The van der Waals surface area contributed by atoms with Gasteiger partial charge in [0.1, 0.15) is 0 Å². The number of hydrogen-bond donors (Lipinski definition) is 0. The Kier molecular flexibility index (Phi) is 9.44. The molecule has 1 saturated carbocycles. The lowest BCUT2D eigenvalue weighted by Crippen LogP contribution is -2.40. The maximum absolute atomic E-state index is 14.2. The van der Waals surface area contributed by atoms with Crippen molar-refractivity contribution in [2.24, 2.45) is 5.92 Å². The lowest BCUT2D eigenvalue weighted by molar-refractivity contribution is 0.167. The molecule has 0 bridgehead atoms. The maximum Gasteiger partial charge on any atom is 0.159 e. The molecule has 178 valence electrons. The third-order valence-corrected chi connectivity index (χ3v) is 7.59. The standard InChI is InChI=1S/C29H38F2N2/c1-3-19-33(20-17-23-10-6-5-7-11-23)26(4-2)16-18-29(22-32,24-12-8-9-13-24)25-14-15-27(30)28(31)21-25/h5-7,10-11,14-15,21,24,26H,3-4,8-9,12-13,16-20H2,1-2H3. The molecule has 2 unspecified atom stereocenters. The van der Waals surface area contributed by atoms with Crippen LogP contribution in [0.4, 0.5) is 8.78 Å². The molecule has 2 aromatic carbocycles. The molecule has 2 aromatic rings. The van der Waals surface area contributed by atoms with Crippen molar-refractivity contribution in [2.45, 2.75) is 83.1 Å². The van der Waals surface area contributed by atoms with E-state index in [-0.39, 0.29) is 5.92 Å². The van der Waals surface area contributed by atoms with Crippen molar-refractivity contribution in [3.05, 3.63) is 71.3 Å². The van der Waals surface area contributed by atoms with Crippen LogP contribution in [-0.2, 0) is 11.8 Å². The van der Waals surface area contributed by atoms with Crippen molar-refractivity contribution in [1.29, 1.82) is 5.26 Å². The normalized spacial score (nSPS) is 17.1. The van der Waals surface area contributed by atoms with E-state index in [1.54, 1.807) is 6.07 Å². The van der Waals surface area contributed by atoms with Gasteiger partial charge in [-0.05, 0) is 80.7 Å². The summed E-state index contributed by atoms with van der Waals surface area (Å²) >= 11 is 0. The van der Waals surface area contributed by atoms with E-state index in [0.717, 1.165) is 64.5 Å². The highest BCUT2D eigenvalue weighted by Gasteiger charge is 2.42. The van der Waals surface area contributed by atoms with E-state index in [0.29, 0.717) is 18.0 Å². The van der Waals surface area contributed by atoms with Crippen LogP contribution in [-0.4, -0.2) is 24.0 Å². The van der Waals surface area contributed by atoms with Gasteiger partial charge in [-0.15, -0.1) is 0 Å². The van der Waals surface area contributed by atoms with Gasteiger partial charge in [0.15, 0.2) is 11.6 Å². The van der Waals surface area contributed by atoms with Crippen molar-refractivity contribution in [1.82, 2.24) is 4.90 Å². The van der Waals surface area contributed by atoms with Crippen LogP contribution in [0.1, 0.15) is 76.3 Å². The number of rotatable bonds is 12. The van der Waals surface area contributed by atoms with Crippen LogP contribution in [0.3, 0.4) is 0 Å². The highest BCUT2D eigenvalue weighted by Crippen LogP contribution is 2.46. The maximum atomic E-state index is 14.2. The van der Waals surface area contributed by atoms with Crippen LogP contribution < -0.4 is 0 Å². The van der Waals surface area contributed by atoms with E-state index >= 15 is 0 Å². The summed E-state index contributed by atoms with van der Waals surface area (Å²) in [5.41, 5.74) is 1.24. The minimum absolute atomic E-state index is 0.203. The van der Waals surface area contributed by atoms with Gasteiger partial charge in [-0.25, -0.2) is 8.78 Å². The molecule has 0 radical (unpaired) electrons. The Bertz CT molecular complexity index is 902. The number of nitrogens with zero attached hydrogens (tertiary/aromatic N) is 2. The van der Waals surface area contributed by atoms with Gasteiger partial charge in [-0.1, -0.05) is 63.1 Å². The summed E-state index contributed by atoms with van der Waals surface area (Å²) < 4.78 is 27.9. The van der Waals surface area contributed by atoms with Crippen LogP contribution in [0.2, 0.25) is 0 Å². The molecule has 1 aliphatic carbocycles. The molecular weight excluding hydrogens is 414 g/mol. The Morgan fingerprint density at radius 2 is 1.76 bits per heavy atom. The second-order valence-corrected chi connectivity index (χ2v) is 9.57. The zero-order valence-electron chi connectivity index (χ0n) is 20.2. The molecule has 4 heteroatoms. The van der Waals surface area contributed by atoms with Crippen LogP contribution >= 0.6 is 0 Å². The molecule has 1 aliphatic rings. The first kappa shape index (κ1) is 25.4. The van der Waals surface area contributed by atoms with Gasteiger partial charge in [0.25, 0.3) is 0 Å². The molecule has 0 amide bonds. The Morgan fingerprint density at radius 3 is 2.36 bits per heavy atom. The lowest BCUT2D eigenvalue weighted by Gasteiger charge is -2.37. The predicted octanol–water partition coefficient (Wildman–Crippen LogP) is 7.43. The Balaban J connectivity index is 1.80. The molecule has 2 atom stereocenters. The summed E-state index contributed by atoms with van der Waals surface area (Å²) in [5.74, 6) is -1.50. The van der Waals surface area contributed by atoms with E-state index in [9.17, 15) is 14.0 Å². The quantitative estimate of drug-likeness (QED) is 0.335. The van der Waals surface area contributed by atoms with Gasteiger partial charge in [0, 0.05) is 12.6 Å². The van der Waals surface area contributed by atoms with Gasteiger partial charge in [-0.2, -0.15) is 5.26 Å². The molecule has 33 heavy (non-hydrogen) atoms. The van der Waals surface area contributed by atoms with Crippen LogP contribution in [0.25, 0.3) is 0 Å². The smallest absolute Gasteiger partial charge is 0.159 e. The van der Waals surface area contributed by atoms with Gasteiger partial charge >= 0.3 is 0 Å². The zero-order chi connectivity index (χ0) is 23.7. The summed E-state index contributed by atoms with van der Waals surface area (Å²) in [6, 6.07) is 17.7. The molecule has 2 nitrogen and oxygen atoms in total. The minimum Gasteiger partial charge on any atom is -0.300 e. The van der Waals surface area contributed by atoms with Gasteiger partial charge in [-0.3, -0.25) is 0 Å². The Hall–Kier alpha value is -2.25. The van der Waals surface area contributed by atoms with Gasteiger partial charge < -0.3 is 4.90 Å². The van der Waals surface area contributed by atoms with Crippen molar-refractivity contribution in [3.8, 4) is 6.07 Å². The third kappa shape index (κ3) is 6.21. The van der Waals surface area contributed by atoms with E-state index in [1.807, 2.05) is 6.07 Å². The second-order valence-electron chi connectivity index (χ2n) is 9.57. The van der Waals surface area contributed by atoms with E-state index in [2.05, 4.69) is 49.1 Å². The SMILES string of the molecule is CCCN(CCc1ccccc1)C(CC)CCC(C#N)(c1ccc(F)c(F)c1)C1CCCC1. The molecule has 0 saturated heterocycles. The Labute approximate surface area is 198 Å². The van der Waals surface area contributed by atoms with Crippen LogP contribution in [0.15, 0.2) is 48.5 Å². The van der Waals surface area contributed by atoms with E-state index < -0.39 is 17.0 Å². The monoisotopic (exact) mass is 452 g/mol. The van der Waals surface area contributed by atoms with Crippen molar-refractivity contribution in [2.75, 3.05) is 13.1 Å². The average molecular weight is 453 g/mol. The number of hydrogen-bond acceptors (Lipinski definition) is 2. The molecule has 0 N–H and O–H groups in total.